The average molecular weight is 325 g/mol. The number of hydrogen-bond acceptors (Lipinski definition) is 4. The van der Waals surface area contributed by atoms with Gasteiger partial charge in [0, 0.05) is 38.9 Å². The average Bonchev–Trinajstić information content (AvgIpc) is 2.59. The molecule has 1 aliphatic heterocycles. The number of nitrogens with one attached hydrogen (secondary N) is 1. The van der Waals surface area contributed by atoms with Crippen LogP contribution in [0.15, 0.2) is 35.8 Å². The lowest BCUT2D eigenvalue weighted by atomic mass is 10.0. The molecule has 1 heterocycles. The van der Waals surface area contributed by atoms with E-state index in [1.165, 1.54) is 6.08 Å². The molecule has 6 heteroatoms. The Morgan fingerprint density at radius 3 is 3.00 bits per heavy atom. The standard InChI is InChI=1S/C18H23N5O/c1-4-18(24)21-15-6-5-9-23(12-15)16-7-8-17(14(10-16)11-19)20-13-22(2)3/h4,7-8,10,13,15H,1,5-6,9,12H2,2-3H3,(H,21,24)/t15-/m0/s1. The van der Waals surface area contributed by atoms with E-state index in [0.717, 1.165) is 31.6 Å². The second-order valence-electron chi connectivity index (χ2n) is 6.02. The fraction of sp³-hybridized carbons (Fsp3) is 0.389. The smallest absolute Gasteiger partial charge is 0.243 e. The first kappa shape index (κ1) is 17.5. The molecular weight excluding hydrogens is 302 g/mol. The molecule has 1 aromatic carbocycles. The van der Waals surface area contributed by atoms with Crippen molar-refractivity contribution in [1.29, 1.82) is 5.26 Å². The van der Waals surface area contributed by atoms with Crippen molar-refractivity contribution in [3.63, 3.8) is 0 Å². The Kier molecular flexibility index (Phi) is 5.96. The Morgan fingerprint density at radius 2 is 2.33 bits per heavy atom. The maximum absolute atomic E-state index is 11.5. The number of aliphatic imine (C=N–C) groups is 1. The summed E-state index contributed by atoms with van der Waals surface area (Å²) in [4.78, 5) is 19.8. The van der Waals surface area contributed by atoms with Gasteiger partial charge in [-0.3, -0.25) is 4.79 Å². The minimum Gasteiger partial charge on any atom is -0.369 e. The summed E-state index contributed by atoms with van der Waals surface area (Å²) < 4.78 is 0. The summed E-state index contributed by atoms with van der Waals surface area (Å²) in [5.74, 6) is -0.145. The first-order chi connectivity index (χ1) is 11.5. The van der Waals surface area contributed by atoms with E-state index in [2.05, 4.69) is 27.9 Å². The number of anilines is 1. The van der Waals surface area contributed by atoms with Gasteiger partial charge in [-0.1, -0.05) is 6.58 Å². The maximum atomic E-state index is 11.5. The van der Waals surface area contributed by atoms with Crippen LogP contribution in [0.1, 0.15) is 18.4 Å². The number of nitriles is 1. The number of piperidine rings is 1. The number of benzene rings is 1. The third-order valence-electron chi connectivity index (χ3n) is 3.85. The molecule has 126 valence electrons. The van der Waals surface area contributed by atoms with Crippen molar-refractivity contribution in [1.82, 2.24) is 10.2 Å². The monoisotopic (exact) mass is 325 g/mol. The molecule has 1 aliphatic rings. The van der Waals surface area contributed by atoms with Crippen molar-refractivity contribution < 1.29 is 4.79 Å². The van der Waals surface area contributed by atoms with E-state index in [-0.39, 0.29) is 11.9 Å². The predicted molar refractivity (Wildman–Crippen MR) is 96.6 cm³/mol. The van der Waals surface area contributed by atoms with Gasteiger partial charge in [-0.15, -0.1) is 0 Å². The van der Waals surface area contributed by atoms with Crippen LogP contribution < -0.4 is 10.2 Å². The Hall–Kier alpha value is -2.81. The second-order valence-corrected chi connectivity index (χ2v) is 6.02. The molecule has 0 saturated carbocycles. The molecule has 1 atom stereocenters. The maximum Gasteiger partial charge on any atom is 0.243 e. The van der Waals surface area contributed by atoms with Crippen LogP contribution >= 0.6 is 0 Å². The lowest BCUT2D eigenvalue weighted by molar-refractivity contribution is -0.117. The summed E-state index contributed by atoms with van der Waals surface area (Å²) in [5, 5.41) is 12.3. The van der Waals surface area contributed by atoms with Crippen molar-refractivity contribution in [2.75, 3.05) is 32.1 Å². The molecule has 2 rings (SSSR count). The molecule has 0 spiro atoms. The van der Waals surface area contributed by atoms with Gasteiger partial charge >= 0.3 is 0 Å². The Labute approximate surface area is 143 Å². The highest BCUT2D eigenvalue weighted by atomic mass is 16.1. The zero-order chi connectivity index (χ0) is 17.5. The van der Waals surface area contributed by atoms with Gasteiger partial charge in [0.05, 0.1) is 17.6 Å². The lowest BCUT2D eigenvalue weighted by Gasteiger charge is -2.34. The van der Waals surface area contributed by atoms with Gasteiger partial charge in [0.25, 0.3) is 0 Å². The molecule has 0 radical (unpaired) electrons. The zero-order valence-corrected chi connectivity index (χ0v) is 14.2. The van der Waals surface area contributed by atoms with Crippen LogP contribution in [0.2, 0.25) is 0 Å². The van der Waals surface area contributed by atoms with E-state index in [1.54, 1.807) is 6.34 Å². The van der Waals surface area contributed by atoms with E-state index in [9.17, 15) is 10.1 Å². The van der Waals surface area contributed by atoms with Gasteiger partial charge in [0.15, 0.2) is 0 Å². The van der Waals surface area contributed by atoms with Crippen molar-refractivity contribution in [3.8, 4) is 6.07 Å². The van der Waals surface area contributed by atoms with Crippen molar-refractivity contribution in [3.05, 3.63) is 36.4 Å². The third-order valence-corrected chi connectivity index (χ3v) is 3.85. The fourth-order valence-electron chi connectivity index (χ4n) is 2.69. The van der Waals surface area contributed by atoms with E-state index < -0.39 is 0 Å². The van der Waals surface area contributed by atoms with Gasteiger partial charge < -0.3 is 15.1 Å². The second kappa shape index (κ2) is 8.16. The fourth-order valence-corrected chi connectivity index (χ4v) is 2.69. The molecule has 6 nitrogen and oxygen atoms in total. The molecule has 0 aliphatic carbocycles. The van der Waals surface area contributed by atoms with Crippen molar-refractivity contribution >= 4 is 23.6 Å². The quantitative estimate of drug-likeness (QED) is 0.511. The molecule has 1 amide bonds. The normalized spacial score (nSPS) is 17.4. The van der Waals surface area contributed by atoms with E-state index in [4.69, 9.17) is 0 Å². The van der Waals surface area contributed by atoms with Gasteiger partial charge in [-0.05, 0) is 37.1 Å². The Bertz CT molecular complexity index is 674. The van der Waals surface area contributed by atoms with Crippen LogP contribution in [0.25, 0.3) is 0 Å². The van der Waals surface area contributed by atoms with Crippen LogP contribution in [0, 0.1) is 11.3 Å². The van der Waals surface area contributed by atoms with Crippen LogP contribution in [0.3, 0.4) is 0 Å². The molecule has 0 aromatic heterocycles. The third kappa shape index (κ3) is 4.59. The highest BCUT2D eigenvalue weighted by Crippen LogP contribution is 2.27. The molecule has 1 N–H and O–H groups in total. The van der Waals surface area contributed by atoms with Gasteiger partial charge in [-0.2, -0.15) is 5.26 Å². The highest BCUT2D eigenvalue weighted by molar-refractivity contribution is 5.87. The zero-order valence-electron chi connectivity index (χ0n) is 14.2. The molecule has 24 heavy (non-hydrogen) atoms. The number of carbonyl (C=O) groups excluding carboxylic acids is 1. The molecule has 0 unspecified atom stereocenters. The topological polar surface area (TPSA) is 71.7 Å². The minimum absolute atomic E-state index is 0.0984. The number of nitrogens with zero attached hydrogens (tertiary/aromatic N) is 4. The highest BCUT2D eigenvalue weighted by Gasteiger charge is 2.21. The molecule has 0 bridgehead atoms. The summed E-state index contributed by atoms with van der Waals surface area (Å²) in [5.41, 5.74) is 2.18. The van der Waals surface area contributed by atoms with Crippen LogP contribution in [-0.4, -0.2) is 50.4 Å². The van der Waals surface area contributed by atoms with E-state index in [1.807, 2.05) is 37.2 Å². The predicted octanol–water partition coefficient (Wildman–Crippen LogP) is 2.05. The van der Waals surface area contributed by atoms with Crippen molar-refractivity contribution in [2.24, 2.45) is 4.99 Å². The Morgan fingerprint density at radius 1 is 1.54 bits per heavy atom. The van der Waals surface area contributed by atoms with Gasteiger partial charge in [-0.25, -0.2) is 4.99 Å². The van der Waals surface area contributed by atoms with Crippen LogP contribution in [0.5, 0.6) is 0 Å². The summed E-state index contributed by atoms with van der Waals surface area (Å²) in [6, 6.07) is 8.00. The number of hydrogen-bond donors (Lipinski definition) is 1. The Balaban J connectivity index is 2.15. The molecule has 1 aromatic rings. The van der Waals surface area contributed by atoms with Crippen LogP contribution in [-0.2, 0) is 4.79 Å². The minimum atomic E-state index is -0.145. The molecule has 1 fully saturated rings. The first-order valence-corrected chi connectivity index (χ1v) is 7.96. The largest absolute Gasteiger partial charge is 0.369 e. The summed E-state index contributed by atoms with van der Waals surface area (Å²) in [6.45, 7) is 5.12. The number of amides is 1. The number of rotatable bonds is 5. The summed E-state index contributed by atoms with van der Waals surface area (Å²) >= 11 is 0. The molecule has 1 saturated heterocycles. The van der Waals surface area contributed by atoms with Gasteiger partial charge in [0.2, 0.25) is 5.91 Å². The summed E-state index contributed by atoms with van der Waals surface area (Å²) in [7, 11) is 3.77. The van der Waals surface area contributed by atoms with Crippen LogP contribution in [0.4, 0.5) is 11.4 Å². The first-order valence-electron chi connectivity index (χ1n) is 7.96. The number of carbonyl (C=O) groups is 1. The molecular formula is C18H23N5O. The van der Waals surface area contributed by atoms with E-state index >= 15 is 0 Å². The van der Waals surface area contributed by atoms with Crippen molar-refractivity contribution in [2.45, 2.75) is 18.9 Å². The van der Waals surface area contributed by atoms with E-state index in [0.29, 0.717) is 11.3 Å². The van der Waals surface area contributed by atoms with Gasteiger partial charge in [0.1, 0.15) is 6.07 Å². The SMILES string of the molecule is C=CC(=O)N[C@H]1CCCN(c2ccc(N=CN(C)C)c(C#N)c2)C1. The summed E-state index contributed by atoms with van der Waals surface area (Å²) in [6.07, 6.45) is 4.92. The lowest BCUT2D eigenvalue weighted by Crippen LogP contribution is -2.47.